The zero-order valence-electron chi connectivity index (χ0n) is 7.36. The smallest absolute Gasteiger partial charge is 0.258 e. The molecule has 0 bridgehead atoms. The standard InChI is InChI=1S/C6H3IN2O6S/c7-16(14,15)5-3-1-2-4(8(10)11)6(5)9(12)13/h1-3H. The summed E-state index contributed by atoms with van der Waals surface area (Å²) >= 11 is 0.987. The molecule has 0 aliphatic rings. The summed E-state index contributed by atoms with van der Waals surface area (Å²) in [5, 5.41) is 21.1. The van der Waals surface area contributed by atoms with Crippen molar-refractivity contribution in [2.24, 2.45) is 0 Å². The first-order valence-corrected chi connectivity index (χ1v) is 7.64. The molecule has 0 saturated carbocycles. The molecule has 0 radical (unpaired) electrons. The van der Waals surface area contributed by atoms with Gasteiger partial charge in [0.05, 0.1) is 31.1 Å². The molecule has 0 atom stereocenters. The topological polar surface area (TPSA) is 120 Å². The number of halogens is 1. The number of nitrogens with zero attached hydrogens (tertiary/aromatic N) is 2. The molecule has 0 aromatic heterocycles. The van der Waals surface area contributed by atoms with E-state index in [0.29, 0.717) is 0 Å². The Morgan fingerprint density at radius 2 is 1.69 bits per heavy atom. The highest BCUT2D eigenvalue weighted by Crippen LogP contribution is 2.35. The van der Waals surface area contributed by atoms with Gasteiger partial charge in [-0.15, -0.1) is 0 Å². The second kappa shape index (κ2) is 4.29. The van der Waals surface area contributed by atoms with E-state index in [4.69, 9.17) is 0 Å². The van der Waals surface area contributed by atoms with Crippen molar-refractivity contribution < 1.29 is 18.3 Å². The first kappa shape index (κ1) is 12.8. The van der Waals surface area contributed by atoms with Crippen LogP contribution in [0.2, 0.25) is 0 Å². The van der Waals surface area contributed by atoms with Crippen LogP contribution in [0, 0.1) is 20.2 Å². The third kappa shape index (κ3) is 2.44. The molecular weight excluding hydrogens is 355 g/mol. The summed E-state index contributed by atoms with van der Waals surface area (Å²) in [6.07, 6.45) is 0. The summed E-state index contributed by atoms with van der Waals surface area (Å²) in [6, 6.07) is 2.91. The number of para-hydroxylation sites is 1. The Balaban J connectivity index is 3.72. The molecule has 0 fully saturated rings. The molecule has 1 aromatic carbocycles. The molecule has 0 unspecified atom stereocenters. The van der Waals surface area contributed by atoms with E-state index in [-0.39, 0.29) is 0 Å². The minimum atomic E-state index is -3.91. The SMILES string of the molecule is O=[N+]([O-])c1cccc(S(=O)(=O)I)c1[N+](=O)[O-]. The summed E-state index contributed by atoms with van der Waals surface area (Å²) in [5.74, 6) is 0. The molecule has 0 amide bonds. The second-order valence-electron chi connectivity index (χ2n) is 2.58. The number of nitro groups is 2. The summed E-state index contributed by atoms with van der Waals surface area (Å²) in [4.78, 5) is 18.4. The van der Waals surface area contributed by atoms with Crippen molar-refractivity contribution >= 4 is 39.6 Å². The van der Waals surface area contributed by atoms with Crippen LogP contribution in [-0.2, 0) is 7.01 Å². The van der Waals surface area contributed by atoms with Gasteiger partial charge in [0.1, 0.15) is 0 Å². The monoisotopic (exact) mass is 358 g/mol. The zero-order valence-corrected chi connectivity index (χ0v) is 10.3. The summed E-state index contributed by atoms with van der Waals surface area (Å²) < 4.78 is 22.4. The largest absolute Gasteiger partial charge is 0.365 e. The van der Waals surface area contributed by atoms with Crippen LogP contribution in [0.3, 0.4) is 0 Å². The fraction of sp³-hybridized carbons (Fsp3) is 0. The lowest BCUT2D eigenvalue weighted by molar-refractivity contribution is -0.424. The Morgan fingerprint density at radius 3 is 2.06 bits per heavy atom. The van der Waals surface area contributed by atoms with Gasteiger partial charge in [0.15, 0.2) is 4.90 Å². The van der Waals surface area contributed by atoms with E-state index in [1.807, 2.05) is 0 Å². The molecular formula is C6H3IN2O6S. The van der Waals surface area contributed by atoms with Gasteiger partial charge in [-0.05, 0) is 6.07 Å². The lowest BCUT2D eigenvalue weighted by Crippen LogP contribution is -2.02. The first-order chi connectivity index (χ1) is 7.25. The maximum Gasteiger partial charge on any atom is 0.365 e. The van der Waals surface area contributed by atoms with Gasteiger partial charge >= 0.3 is 11.4 Å². The normalized spacial score (nSPS) is 11.1. The van der Waals surface area contributed by atoms with Gasteiger partial charge in [-0.2, -0.15) is 0 Å². The minimum absolute atomic E-state index is 0.674. The molecule has 1 rings (SSSR count). The van der Waals surface area contributed by atoms with Crippen LogP contribution in [0.4, 0.5) is 11.4 Å². The molecule has 0 aliphatic carbocycles. The average molecular weight is 358 g/mol. The molecule has 86 valence electrons. The molecule has 0 N–H and O–H groups in total. The van der Waals surface area contributed by atoms with Crippen LogP contribution in [0.1, 0.15) is 0 Å². The maximum absolute atomic E-state index is 11.2. The quantitative estimate of drug-likeness (QED) is 0.350. The Hall–Kier alpha value is -1.30. The van der Waals surface area contributed by atoms with Gasteiger partial charge < -0.3 is 0 Å². The van der Waals surface area contributed by atoms with Crippen molar-refractivity contribution in [2.75, 3.05) is 0 Å². The fourth-order valence-electron chi connectivity index (χ4n) is 1.04. The average Bonchev–Trinajstić information content (AvgIpc) is 2.14. The van der Waals surface area contributed by atoms with Crippen molar-refractivity contribution in [1.82, 2.24) is 0 Å². The number of hydrogen-bond donors (Lipinski definition) is 0. The van der Waals surface area contributed by atoms with Gasteiger partial charge in [-0.25, -0.2) is 8.42 Å². The van der Waals surface area contributed by atoms with Crippen molar-refractivity contribution in [3.63, 3.8) is 0 Å². The number of nitro benzene ring substituents is 2. The van der Waals surface area contributed by atoms with E-state index in [0.717, 1.165) is 39.4 Å². The fourth-order valence-corrected chi connectivity index (χ4v) is 2.76. The van der Waals surface area contributed by atoms with Crippen LogP contribution < -0.4 is 0 Å². The third-order valence-corrected chi connectivity index (χ3v) is 3.90. The summed E-state index contributed by atoms with van der Waals surface area (Å²) in [7, 11) is -3.91. The van der Waals surface area contributed by atoms with E-state index >= 15 is 0 Å². The van der Waals surface area contributed by atoms with E-state index in [1.54, 1.807) is 0 Å². The number of hydrogen-bond acceptors (Lipinski definition) is 6. The highest BCUT2D eigenvalue weighted by molar-refractivity contribution is 14.2. The van der Waals surface area contributed by atoms with Gasteiger partial charge in [0.25, 0.3) is 0 Å². The number of rotatable bonds is 3. The van der Waals surface area contributed by atoms with Gasteiger partial charge in [-0.1, -0.05) is 6.07 Å². The molecule has 0 spiro atoms. The van der Waals surface area contributed by atoms with Crippen molar-refractivity contribution in [2.45, 2.75) is 4.90 Å². The summed E-state index contributed by atoms with van der Waals surface area (Å²) in [5.41, 5.74) is -1.86. The third-order valence-electron chi connectivity index (χ3n) is 1.62. The number of benzene rings is 1. The lowest BCUT2D eigenvalue weighted by Gasteiger charge is -1.99. The Labute approximate surface area is 101 Å². The van der Waals surface area contributed by atoms with Crippen LogP contribution in [0.5, 0.6) is 0 Å². The van der Waals surface area contributed by atoms with Crippen LogP contribution >= 0.6 is 21.2 Å². The van der Waals surface area contributed by atoms with Gasteiger partial charge in [-0.3, -0.25) is 20.2 Å². The molecule has 0 saturated heterocycles. The van der Waals surface area contributed by atoms with Gasteiger partial charge in [0.2, 0.25) is 7.01 Å². The highest BCUT2D eigenvalue weighted by atomic mass is 127. The van der Waals surface area contributed by atoms with Crippen LogP contribution in [0.25, 0.3) is 0 Å². The van der Waals surface area contributed by atoms with E-state index in [1.165, 1.54) is 0 Å². The second-order valence-corrected chi connectivity index (χ2v) is 7.37. The van der Waals surface area contributed by atoms with E-state index in [9.17, 15) is 28.6 Å². The maximum atomic E-state index is 11.2. The first-order valence-electron chi connectivity index (χ1n) is 3.61. The van der Waals surface area contributed by atoms with Gasteiger partial charge in [0, 0.05) is 6.07 Å². The summed E-state index contributed by atoms with van der Waals surface area (Å²) in [6.45, 7) is 0. The molecule has 0 heterocycles. The van der Waals surface area contributed by atoms with Crippen molar-refractivity contribution in [1.29, 1.82) is 0 Å². The van der Waals surface area contributed by atoms with E-state index in [2.05, 4.69) is 0 Å². The zero-order chi connectivity index (χ0) is 12.5. The Bertz CT molecular complexity index is 568. The minimum Gasteiger partial charge on any atom is -0.258 e. The Kier molecular flexibility index (Phi) is 3.42. The lowest BCUT2D eigenvalue weighted by atomic mass is 10.3. The molecule has 1 aromatic rings. The molecule has 0 aliphatic heterocycles. The van der Waals surface area contributed by atoms with Crippen LogP contribution in [-0.4, -0.2) is 18.3 Å². The van der Waals surface area contributed by atoms with Crippen molar-refractivity contribution in [3.05, 3.63) is 38.4 Å². The molecule has 10 heteroatoms. The van der Waals surface area contributed by atoms with E-state index < -0.39 is 33.1 Å². The molecule has 8 nitrogen and oxygen atoms in total. The molecule has 16 heavy (non-hydrogen) atoms. The predicted octanol–water partition coefficient (Wildman–Crippen LogP) is 1.63. The highest BCUT2D eigenvalue weighted by Gasteiger charge is 2.33. The van der Waals surface area contributed by atoms with Crippen LogP contribution in [0.15, 0.2) is 23.1 Å². The van der Waals surface area contributed by atoms with Crippen molar-refractivity contribution in [3.8, 4) is 0 Å². The predicted molar refractivity (Wildman–Crippen MR) is 61.0 cm³/mol. The Morgan fingerprint density at radius 1 is 1.12 bits per heavy atom.